The maximum absolute atomic E-state index is 5.88. The highest BCUT2D eigenvalue weighted by molar-refractivity contribution is 14.1. The zero-order valence-electron chi connectivity index (χ0n) is 8.92. The zero-order chi connectivity index (χ0) is 10.1. The molecule has 0 aliphatic rings. The van der Waals surface area contributed by atoms with Crippen LogP contribution in [0.4, 0.5) is 0 Å². The Morgan fingerprint density at radius 2 is 2.08 bits per heavy atom. The highest BCUT2D eigenvalue weighted by Gasteiger charge is 2.06. The van der Waals surface area contributed by atoms with Crippen molar-refractivity contribution >= 4 is 31.6 Å². The Kier molecular flexibility index (Phi) is 9.67. The van der Waals surface area contributed by atoms with Crippen LogP contribution in [0.2, 0.25) is 13.1 Å². The molecule has 0 unspecified atom stereocenters. The van der Waals surface area contributed by atoms with Crippen LogP contribution in [-0.4, -0.2) is 15.1 Å². The molecule has 0 aromatic rings. The summed E-state index contributed by atoms with van der Waals surface area (Å²) in [5.74, 6) is 0. The largest absolute Gasteiger partial charge is 0.414 e. The monoisotopic (exact) mass is 312 g/mol. The Balaban J connectivity index is 3.67. The van der Waals surface area contributed by atoms with E-state index < -0.39 is 9.04 Å². The lowest BCUT2D eigenvalue weighted by Crippen LogP contribution is -2.18. The molecular formula is C10H21IOSi. The van der Waals surface area contributed by atoms with Crippen LogP contribution in [0.1, 0.15) is 32.6 Å². The molecule has 0 fully saturated rings. The quantitative estimate of drug-likeness (QED) is 0.394. The van der Waals surface area contributed by atoms with Gasteiger partial charge in [-0.2, -0.15) is 0 Å². The first kappa shape index (κ1) is 13.6. The summed E-state index contributed by atoms with van der Waals surface area (Å²) in [6, 6.07) is 0. The van der Waals surface area contributed by atoms with Gasteiger partial charge in [0.15, 0.2) is 9.04 Å². The Morgan fingerprint density at radius 1 is 1.38 bits per heavy atom. The SMILES string of the molecule is CCCCC[C@@H](C=CI)O[SiH](C)C. The van der Waals surface area contributed by atoms with Crippen molar-refractivity contribution in [1.82, 2.24) is 0 Å². The molecule has 0 saturated heterocycles. The Morgan fingerprint density at radius 3 is 2.54 bits per heavy atom. The molecule has 0 N–H and O–H groups in total. The average Bonchev–Trinajstić information content (AvgIpc) is 2.04. The van der Waals surface area contributed by atoms with Crippen LogP contribution in [0.3, 0.4) is 0 Å². The minimum absolute atomic E-state index is 0.384. The first-order chi connectivity index (χ1) is 6.20. The van der Waals surface area contributed by atoms with Crippen molar-refractivity contribution in [3.8, 4) is 0 Å². The van der Waals surface area contributed by atoms with Gasteiger partial charge in [-0.3, -0.25) is 0 Å². The number of halogens is 1. The van der Waals surface area contributed by atoms with E-state index >= 15 is 0 Å². The molecule has 0 aliphatic carbocycles. The van der Waals surface area contributed by atoms with Crippen LogP contribution >= 0.6 is 22.6 Å². The molecule has 0 radical (unpaired) electrons. The summed E-state index contributed by atoms with van der Waals surface area (Å²) in [4.78, 5) is 0. The lowest BCUT2D eigenvalue weighted by atomic mass is 10.1. The molecule has 0 heterocycles. The highest BCUT2D eigenvalue weighted by atomic mass is 127. The maximum atomic E-state index is 5.88. The summed E-state index contributed by atoms with van der Waals surface area (Å²) in [6.45, 7) is 6.70. The molecule has 3 heteroatoms. The summed E-state index contributed by atoms with van der Waals surface area (Å²) in [7, 11) is -0.866. The molecule has 13 heavy (non-hydrogen) atoms. The molecule has 1 nitrogen and oxygen atoms in total. The molecule has 0 aliphatic heterocycles. The van der Waals surface area contributed by atoms with E-state index in [0.29, 0.717) is 6.10 Å². The van der Waals surface area contributed by atoms with Gasteiger partial charge in [-0.05, 0) is 23.6 Å². The molecule has 0 bridgehead atoms. The highest BCUT2D eigenvalue weighted by Crippen LogP contribution is 2.10. The van der Waals surface area contributed by atoms with E-state index in [0.717, 1.165) is 0 Å². The summed E-state index contributed by atoms with van der Waals surface area (Å²) >= 11 is 2.27. The van der Waals surface area contributed by atoms with Gasteiger partial charge in [0.1, 0.15) is 0 Å². The van der Waals surface area contributed by atoms with Crippen LogP contribution < -0.4 is 0 Å². The topological polar surface area (TPSA) is 9.23 Å². The molecule has 0 saturated carbocycles. The van der Waals surface area contributed by atoms with Gasteiger partial charge >= 0.3 is 0 Å². The van der Waals surface area contributed by atoms with Crippen molar-refractivity contribution < 1.29 is 4.43 Å². The van der Waals surface area contributed by atoms with Crippen LogP contribution in [-0.2, 0) is 4.43 Å². The number of hydrogen-bond donors (Lipinski definition) is 0. The second-order valence-electron chi connectivity index (χ2n) is 3.54. The van der Waals surface area contributed by atoms with E-state index in [1.54, 1.807) is 0 Å². The molecule has 0 amide bonds. The summed E-state index contributed by atoms with van der Waals surface area (Å²) in [6.07, 6.45) is 7.68. The predicted octanol–water partition coefficient (Wildman–Crippen LogP) is 3.88. The normalized spacial score (nSPS) is 14.2. The molecule has 0 rings (SSSR count). The van der Waals surface area contributed by atoms with E-state index in [-0.39, 0.29) is 0 Å². The third kappa shape index (κ3) is 8.96. The Labute approximate surface area is 97.8 Å². The van der Waals surface area contributed by atoms with Gasteiger partial charge in [0.25, 0.3) is 0 Å². The summed E-state index contributed by atoms with van der Waals surface area (Å²) in [5.41, 5.74) is 0. The van der Waals surface area contributed by atoms with Gasteiger partial charge < -0.3 is 4.43 Å². The first-order valence-corrected chi connectivity index (χ1v) is 9.15. The number of unbranched alkanes of at least 4 members (excludes halogenated alkanes) is 2. The third-order valence-electron chi connectivity index (χ3n) is 1.83. The van der Waals surface area contributed by atoms with Crippen molar-refractivity contribution in [2.24, 2.45) is 0 Å². The molecule has 1 atom stereocenters. The number of rotatable bonds is 7. The minimum Gasteiger partial charge on any atom is -0.414 e. The van der Waals surface area contributed by atoms with Crippen LogP contribution in [0, 0.1) is 0 Å². The fraction of sp³-hybridized carbons (Fsp3) is 0.800. The van der Waals surface area contributed by atoms with E-state index in [1.165, 1.54) is 25.7 Å². The molecular weight excluding hydrogens is 291 g/mol. The van der Waals surface area contributed by atoms with Gasteiger partial charge in [-0.15, -0.1) is 0 Å². The minimum atomic E-state index is -0.866. The van der Waals surface area contributed by atoms with Crippen molar-refractivity contribution in [3.05, 3.63) is 10.2 Å². The second-order valence-corrected chi connectivity index (χ2v) is 6.63. The van der Waals surface area contributed by atoms with E-state index in [4.69, 9.17) is 4.43 Å². The predicted molar refractivity (Wildman–Crippen MR) is 71.1 cm³/mol. The lowest BCUT2D eigenvalue weighted by Gasteiger charge is -2.16. The van der Waals surface area contributed by atoms with Crippen molar-refractivity contribution in [1.29, 1.82) is 0 Å². The fourth-order valence-corrected chi connectivity index (χ4v) is 2.62. The Hall–Kier alpha value is 0.647. The van der Waals surface area contributed by atoms with E-state index in [9.17, 15) is 0 Å². The molecule has 0 spiro atoms. The molecule has 0 aromatic carbocycles. The zero-order valence-corrected chi connectivity index (χ0v) is 12.2. The first-order valence-electron chi connectivity index (χ1n) is 5.13. The van der Waals surface area contributed by atoms with Crippen molar-refractivity contribution in [3.63, 3.8) is 0 Å². The standard InChI is InChI=1S/C10H21IOSi/c1-4-5-6-7-10(8-9-11)12-13(2)3/h8-10,13H,4-7H2,1-3H3/t10-/m0/s1. The smallest absolute Gasteiger partial charge is 0.171 e. The third-order valence-corrected chi connectivity index (χ3v) is 3.14. The van der Waals surface area contributed by atoms with Crippen molar-refractivity contribution in [2.45, 2.75) is 51.8 Å². The second kappa shape index (κ2) is 9.21. The van der Waals surface area contributed by atoms with Crippen LogP contribution in [0.25, 0.3) is 0 Å². The summed E-state index contributed by atoms with van der Waals surface area (Å²) < 4.78 is 7.96. The van der Waals surface area contributed by atoms with Crippen LogP contribution in [0.15, 0.2) is 10.2 Å². The molecule has 78 valence electrons. The van der Waals surface area contributed by atoms with Gasteiger partial charge in [0.05, 0.1) is 6.10 Å². The molecule has 0 aromatic heterocycles. The Bertz CT molecular complexity index is 137. The van der Waals surface area contributed by atoms with Crippen LogP contribution in [0.5, 0.6) is 0 Å². The maximum Gasteiger partial charge on any atom is 0.171 e. The summed E-state index contributed by atoms with van der Waals surface area (Å²) in [5, 5.41) is 0. The lowest BCUT2D eigenvalue weighted by molar-refractivity contribution is 0.238. The van der Waals surface area contributed by atoms with E-state index in [2.05, 4.69) is 52.8 Å². The number of hydrogen-bond acceptors (Lipinski definition) is 1. The van der Waals surface area contributed by atoms with Gasteiger partial charge in [-0.1, -0.05) is 54.9 Å². The van der Waals surface area contributed by atoms with E-state index in [1.807, 2.05) is 0 Å². The average molecular weight is 312 g/mol. The van der Waals surface area contributed by atoms with Gasteiger partial charge in [0.2, 0.25) is 0 Å². The van der Waals surface area contributed by atoms with Crippen molar-refractivity contribution in [2.75, 3.05) is 0 Å². The van der Waals surface area contributed by atoms with Gasteiger partial charge in [0, 0.05) is 0 Å². The fourth-order valence-electron chi connectivity index (χ4n) is 1.24. The van der Waals surface area contributed by atoms with Gasteiger partial charge in [-0.25, -0.2) is 0 Å².